The van der Waals surface area contributed by atoms with Crippen molar-refractivity contribution in [1.29, 1.82) is 0 Å². The SMILES string of the molecule is COc1cccc2c(NCCC3=CCCCC3)nccc12. The van der Waals surface area contributed by atoms with Gasteiger partial charge in [0.1, 0.15) is 11.6 Å². The highest BCUT2D eigenvalue weighted by Crippen LogP contribution is 2.29. The second-order valence-electron chi connectivity index (χ2n) is 5.50. The van der Waals surface area contributed by atoms with E-state index < -0.39 is 0 Å². The predicted molar refractivity (Wildman–Crippen MR) is 88.0 cm³/mol. The lowest BCUT2D eigenvalue weighted by atomic mass is 9.97. The van der Waals surface area contributed by atoms with Crippen molar-refractivity contribution < 1.29 is 4.74 Å². The van der Waals surface area contributed by atoms with Crippen LogP contribution in [0.1, 0.15) is 32.1 Å². The molecule has 21 heavy (non-hydrogen) atoms. The van der Waals surface area contributed by atoms with Crippen LogP contribution in [-0.4, -0.2) is 18.6 Å². The number of rotatable bonds is 5. The van der Waals surface area contributed by atoms with Crippen LogP contribution in [0, 0.1) is 0 Å². The molecule has 3 heteroatoms. The molecule has 0 aliphatic heterocycles. The van der Waals surface area contributed by atoms with Crippen molar-refractivity contribution in [2.45, 2.75) is 32.1 Å². The monoisotopic (exact) mass is 282 g/mol. The second kappa shape index (κ2) is 6.61. The number of anilines is 1. The molecule has 0 spiro atoms. The van der Waals surface area contributed by atoms with Crippen LogP contribution in [0.2, 0.25) is 0 Å². The number of benzene rings is 1. The summed E-state index contributed by atoms with van der Waals surface area (Å²) in [4.78, 5) is 4.48. The third-order valence-electron chi connectivity index (χ3n) is 4.11. The Balaban J connectivity index is 1.73. The average Bonchev–Trinajstić information content (AvgIpc) is 2.55. The van der Waals surface area contributed by atoms with Gasteiger partial charge >= 0.3 is 0 Å². The molecule has 0 fully saturated rings. The third-order valence-corrected chi connectivity index (χ3v) is 4.11. The van der Waals surface area contributed by atoms with Crippen molar-refractivity contribution in [1.82, 2.24) is 4.98 Å². The Morgan fingerprint density at radius 2 is 2.14 bits per heavy atom. The maximum absolute atomic E-state index is 5.42. The van der Waals surface area contributed by atoms with E-state index in [2.05, 4.69) is 22.4 Å². The number of methoxy groups -OCH3 is 1. The number of hydrogen-bond donors (Lipinski definition) is 1. The predicted octanol–water partition coefficient (Wildman–Crippen LogP) is 4.55. The molecular weight excluding hydrogens is 260 g/mol. The summed E-state index contributed by atoms with van der Waals surface area (Å²) < 4.78 is 5.42. The Morgan fingerprint density at radius 3 is 2.95 bits per heavy atom. The van der Waals surface area contributed by atoms with Gasteiger partial charge in [0.05, 0.1) is 7.11 Å². The molecule has 3 nitrogen and oxygen atoms in total. The number of hydrogen-bond acceptors (Lipinski definition) is 3. The van der Waals surface area contributed by atoms with E-state index in [0.717, 1.165) is 35.3 Å². The fraction of sp³-hybridized carbons (Fsp3) is 0.389. The Morgan fingerprint density at radius 1 is 1.19 bits per heavy atom. The molecule has 0 saturated heterocycles. The van der Waals surface area contributed by atoms with E-state index in [1.807, 2.05) is 24.4 Å². The lowest BCUT2D eigenvalue weighted by Gasteiger charge is -2.14. The Bertz CT molecular complexity index is 649. The number of pyridine rings is 1. The van der Waals surface area contributed by atoms with Crippen molar-refractivity contribution >= 4 is 16.6 Å². The zero-order chi connectivity index (χ0) is 14.5. The third kappa shape index (κ3) is 3.18. The molecule has 0 bridgehead atoms. The molecule has 3 rings (SSSR count). The van der Waals surface area contributed by atoms with Crippen LogP contribution in [0.5, 0.6) is 5.75 Å². The number of aromatic nitrogens is 1. The summed E-state index contributed by atoms with van der Waals surface area (Å²) in [5.74, 6) is 1.84. The minimum Gasteiger partial charge on any atom is -0.496 e. The quantitative estimate of drug-likeness (QED) is 0.817. The van der Waals surface area contributed by atoms with Crippen molar-refractivity contribution in [2.24, 2.45) is 0 Å². The van der Waals surface area contributed by atoms with Crippen molar-refractivity contribution in [2.75, 3.05) is 19.0 Å². The van der Waals surface area contributed by atoms with Crippen LogP contribution in [0.25, 0.3) is 10.8 Å². The molecule has 1 aromatic heterocycles. The van der Waals surface area contributed by atoms with Gasteiger partial charge in [-0.25, -0.2) is 4.98 Å². The van der Waals surface area contributed by atoms with Crippen LogP contribution in [0.3, 0.4) is 0 Å². The molecule has 0 saturated carbocycles. The maximum Gasteiger partial charge on any atom is 0.133 e. The molecule has 2 aromatic rings. The van der Waals surface area contributed by atoms with Gasteiger partial charge in [-0.3, -0.25) is 0 Å². The van der Waals surface area contributed by atoms with Gasteiger partial charge in [0.25, 0.3) is 0 Å². The van der Waals surface area contributed by atoms with Gasteiger partial charge in [-0.05, 0) is 44.2 Å². The zero-order valence-corrected chi connectivity index (χ0v) is 12.6. The van der Waals surface area contributed by atoms with Gasteiger partial charge in [-0.1, -0.05) is 23.8 Å². The number of fused-ring (bicyclic) bond motifs is 1. The minimum absolute atomic E-state index is 0.896. The summed E-state index contributed by atoms with van der Waals surface area (Å²) in [6.45, 7) is 0.940. The zero-order valence-electron chi connectivity index (χ0n) is 12.6. The maximum atomic E-state index is 5.42. The topological polar surface area (TPSA) is 34.1 Å². The minimum atomic E-state index is 0.896. The van der Waals surface area contributed by atoms with Crippen LogP contribution in [0.15, 0.2) is 42.1 Å². The lowest BCUT2D eigenvalue weighted by molar-refractivity contribution is 0.420. The highest BCUT2D eigenvalue weighted by molar-refractivity contribution is 5.95. The first kappa shape index (κ1) is 13.9. The number of allylic oxidation sites excluding steroid dienone is 1. The van der Waals surface area contributed by atoms with Crippen LogP contribution < -0.4 is 10.1 Å². The second-order valence-corrected chi connectivity index (χ2v) is 5.50. The molecule has 110 valence electrons. The standard InChI is InChI=1S/C18H22N2O/c1-21-17-9-5-8-16-15(17)11-13-20-18(16)19-12-10-14-6-3-2-4-7-14/h5-6,8-9,11,13H,2-4,7,10,12H2,1H3,(H,19,20). The molecular formula is C18H22N2O. The van der Waals surface area contributed by atoms with Crippen molar-refractivity contribution in [3.8, 4) is 5.75 Å². The van der Waals surface area contributed by atoms with Crippen LogP contribution in [0.4, 0.5) is 5.82 Å². The summed E-state index contributed by atoms with van der Waals surface area (Å²) >= 11 is 0. The van der Waals surface area contributed by atoms with Crippen molar-refractivity contribution in [3.05, 3.63) is 42.1 Å². The van der Waals surface area contributed by atoms with Crippen molar-refractivity contribution in [3.63, 3.8) is 0 Å². The van der Waals surface area contributed by atoms with Crippen LogP contribution >= 0.6 is 0 Å². The molecule has 1 aliphatic rings. The number of ether oxygens (including phenoxy) is 1. The molecule has 0 unspecified atom stereocenters. The first-order chi connectivity index (χ1) is 10.4. The smallest absolute Gasteiger partial charge is 0.133 e. The van der Waals surface area contributed by atoms with Gasteiger partial charge in [0.2, 0.25) is 0 Å². The van der Waals surface area contributed by atoms with E-state index in [4.69, 9.17) is 4.74 Å². The average molecular weight is 282 g/mol. The number of nitrogens with zero attached hydrogens (tertiary/aromatic N) is 1. The molecule has 0 atom stereocenters. The highest BCUT2D eigenvalue weighted by Gasteiger charge is 2.07. The molecule has 1 aliphatic carbocycles. The van der Waals surface area contributed by atoms with E-state index in [1.165, 1.54) is 25.7 Å². The highest BCUT2D eigenvalue weighted by atomic mass is 16.5. The van der Waals surface area contributed by atoms with E-state index in [9.17, 15) is 0 Å². The summed E-state index contributed by atoms with van der Waals surface area (Å²) in [6, 6.07) is 8.09. The van der Waals surface area contributed by atoms with Gasteiger partial charge in [0, 0.05) is 23.5 Å². The van der Waals surface area contributed by atoms with Gasteiger partial charge < -0.3 is 10.1 Å². The lowest BCUT2D eigenvalue weighted by Crippen LogP contribution is -2.06. The summed E-state index contributed by atoms with van der Waals surface area (Å²) in [5, 5.41) is 5.70. The van der Waals surface area contributed by atoms with E-state index in [-0.39, 0.29) is 0 Å². The fourth-order valence-corrected chi connectivity index (χ4v) is 2.97. The Kier molecular flexibility index (Phi) is 4.39. The van der Waals surface area contributed by atoms with Gasteiger partial charge in [-0.2, -0.15) is 0 Å². The molecule has 0 radical (unpaired) electrons. The Hall–Kier alpha value is -2.03. The first-order valence-corrected chi connectivity index (χ1v) is 7.72. The summed E-state index contributed by atoms with van der Waals surface area (Å²) in [6.07, 6.45) is 10.6. The van der Waals surface area contributed by atoms with E-state index in [1.54, 1.807) is 12.7 Å². The fourth-order valence-electron chi connectivity index (χ4n) is 2.97. The molecule has 1 heterocycles. The number of nitrogens with one attached hydrogen (secondary N) is 1. The normalized spacial score (nSPS) is 14.8. The Labute approximate surface area is 126 Å². The molecule has 1 N–H and O–H groups in total. The summed E-state index contributed by atoms with van der Waals surface area (Å²) in [7, 11) is 1.71. The van der Waals surface area contributed by atoms with E-state index in [0.29, 0.717) is 0 Å². The summed E-state index contributed by atoms with van der Waals surface area (Å²) in [5.41, 5.74) is 1.59. The van der Waals surface area contributed by atoms with E-state index >= 15 is 0 Å². The first-order valence-electron chi connectivity index (χ1n) is 7.72. The van der Waals surface area contributed by atoms with Crippen LogP contribution in [-0.2, 0) is 0 Å². The molecule has 0 amide bonds. The largest absolute Gasteiger partial charge is 0.496 e. The molecule has 1 aromatic carbocycles. The van der Waals surface area contributed by atoms with Gasteiger partial charge in [-0.15, -0.1) is 0 Å². The van der Waals surface area contributed by atoms with Gasteiger partial charge in [0.15, 0.2) is 0 Å².